The Labute approximate surface area is 95.1 Å². The van der Waals surface area contributed by atoms with Crippen LogP contribution in [-0.2, 0) is 0 Å². The summed E-state index contributed by atoms with van der Waals surface area (Å²) in [4.78, 5) is 12.6. The second kappa shape index (κ2) is 4.64. The summed E-state index contributed by atoms with van der Waals surface area (Å²) < 4.78 is 13.8. The van der Waals surface area contributed by atoms with E-state index in [4.69, 9.17) is 0 Å². The predicted molar refractivity (Wildman–Crippen MR) is 62.4 cm³/mol. The van der Waals surface area contributed by atoms with Crippen LogP contribution in [0.2, 0.25) is 0 Å². The van der Waals surface area contributed by atoms with Crippen molar-refractivity contribution in [2.24, 2.45) is 0 Å². The van der Waals surface area contributed by atoms with Gasteiger partial charge < -0.3 is 4.90 Å². The molecule has 1 aromatic rings. The van der Waals surface area contributed by atoms with Gasteiger partial charge in [-0.25, -0.2) is 4.39 Å². The SMILES string of the molecule is CC1CCCCN1c1ccc(C=O)cc1F. The van der Waals surface area contributed by atoms with Gasteiger partial charge in [-0.3, -0.25) is 4.79 Å². The third-order valence-electron chi connectivity index (χ3n) is 3.22. The van der Waals surface area contributed by atoms with E-state index in [-0.39, 0.29) is 5.82 Å². The van der Waals surface area contributed by atoms with E-state index in [1.165, 1.54) is 12.5 Å². The van der Waals surface area contributed by atoms with E-state index in [0.29, 0.717) is 23.6 Å². The number of carbonyl (C=O) groups excluding carboxylic acids is 1. The van der Waals surface area contributed by atoms with Gasteiger partial charge in [-0.15, -0.1) is 0 Å². The smallest absolute Gasteiger partial charge is 0.150 e. The summed E-state index contributed by atoms with van der Waals surface area (Å²) in [6, 6.07) is 5.07. The van der Waals surface area contributed by atoms with Gasteiger partial charge in [0.25, 0.3) is 0 Å². The highest BCUT2D eigenvalue weighted by molar-refractivity contribution is 5.76. The summed E-state index contributed by atoms with van der Waals surface area (Å²) in [6.07, 6.45) is 4.10. The number of rotatable bonds is 2. The van der Waals surface area contributed by atoms with Gasteiger partial charge in [-0.2, -0.15) is 0 Å². The van der Waals surface area contributed by atoms with E-state index in [1.54, 1.807) is 12.1 Å². The quantitative estimate of drug-likeness (QED) is 0.715. The largest absolute Gasteiger partial charge is 0.366 e. The minimum absolute atomic E-state index is 0.293. The van der Waals surface area contributed by atoms with Crippen molar-refractivity contribution in [3.63, 3.8) is 0 Å². The van der Waals surface area contributed by atoms with Gasteiger partial charge in [-0.05, 0) is 44.4 Å². The summed E-state index contributed by atoms with van der Waals surface area (Å²) in [6.45, 7) is 3.02. The Morgan fingerprint density at radius 2 is 2.25 bits per heavy atom. The molecule has 16 heavy (non-hydrogen) atoms. The molecule has 1 heterocycles. The lowest BCUT2D eigenvalue weighted by Gasteiger charge is -2.35. The molecule has 0 aromatic heterocycles. The first-order chi connectivity index (χ1) is 7.72. The first-order valence-corrected chi connectivity index (χ1v) is 5.74. The van der Waals surface area contributed by atoms with E-state index < -0.39 is 0 Å². The van der Waals surface area contributed by atoms with Crippen LogP contribution in [0.1, 0.15) is 36.5 Å². The van der Waals surface area contributed by atoms with E-state index in [2.05, 4.69) is 11.8 Å². The van der Waals surface area contributed by atoms with Crippen molar-refractivity contribution in [2.45, 2.75) is 32.2 Å². The fourth-order valence-electron chi connectivity index (χ4n) is 2.29. The number of halogens is 1. The van der Waals surface area contributed by atoms with Gasteiger partial charge in [0.05, 0.1) is 5.69 Å². The number of nitrogens with zero attached hydrogens (tertiary/aromatic N) is 1. The molecule has 0 amide bonds. The third-order valence-corrected chi connectivity index (χ3v) is 3.22. The van der Waals surface area contributed by atoms with Crippen LogP contribution in [0.3, 0.4) is 0 Å². The fraction of sp³-hybridized carbons (Fsp3) is 0.462. The Bertz CT molecular complexity index is 392. The van der Waals surface area contributed by atoms with Crippen LogP contribution in [0.4, 0.5) is 10.1 Å². The number of anilines is 1. The Hall–Kier alpha value is -1.38. The lowest BCUT2D eigenvalue weighted by Crippen LogP contribution is -2.37. The molecule has 1 atom stereocenters. The monoisotopic (exact) mass is 221 g/mol. The number of piperidine rings is 1. The highest BCUT2D eigenvalue weighted by Crippen LogP contribution is 2.27. The number of hydrogen-bond donors (Lipinski definition) is 0. The topological polar surface area (TPSA) is 20.3 Å². The van der Waals surface area contributed by atoms with E-state index in [0.717, 1.165) is 19.4 Å². The van der Waals surface area contributed by atoms with Crippen LogP contribution in [0.15, 0.2) is 18.2 Å². The zero-order valence-electron chi connectivity index (χ0n) is 9.45. The van der Waals surface area contributed by atoms with Gasteiger partial charge in [0.2, 0.25) is 0 Å². The molecule has 0 N–H and O–H groups in total. The minimum atomic E-state index is -0.293. The Morgan fingerprint density at radius 1 is 1.44 bits per heavy atom. The van der Waals surface area contributed by atoms with E-state index >= 15 is 0 Å². The first kappa shape index (κ1) is 11.1. The van der Waals surface area contributed by atoms with Gasteiger partial charge in [0.15, 0.2) is 0 Å². The van der Waals surface area contributed by atoms with Crippen molar-refractivity contribution < 1.29 is 9.18 Å². The van der Waals surface area contributed by atoms with Gasteiger partial charge in [-0.1, -0.05) is 0 Å². The number of aldehydes is 1. The van der Waals surface area contributed by atoms with Crippen molar-refractivity contribution >= 4 is 12.0 Å². The maximum absolute atomic E-state index is 13.8. The molecular weight excluding hydrogens is 205 g/mol. The third kappa shape index (κ3) is 2.08. The maximum Gasteiger partial charge on any atom is 0.150 e. The highest BCUT2D eigenvalue weighted by atomic mass is 19.1. The molecule has 1 aromatic carbocycles. The molecule has 0 bridgehead atoms. The van der Waals surface area contributed by atoms with Crippen molar-refractivity contribution in [3.05, 3.63) is 29.6 Å². The number of benzene rings is 1. The molecular formula is C13H16FNO. The molecule has 2 nitrogen and oxygen atoms in total. The predicted octanol–water partition coefficient (Wildman–Crippen LogP) is 3.02. The van der Waals surface area contributed by atoms with Crippen molar-refractivity contribution in [3.8, 4) is 0 Å². The summed E-state index contributed by atoms with van der Waals surface area (Å²) in [5.74, 6) is -0.293. The average Bonchev–Trinajstić information content (AvgIpc) is 2.30. The maximum atomic E-state index is 13.8. The van der Waals surface area contributed by atoms with Crippen LogP contribution < -0.4 is 4.90 Å². The number of carbonyl (C=O) groups is 1. The summed E-state index contributed by atoms with van der Waals surface area (Å²) in [5.41, 5.74) is 1.02. The summed E-state index contributed by atoms with van der Waals surface area (Å²) in [5, 5.41) is 0. The van der Waals surface area contributed by atoms with Crippen molar-refractivity contribution in [1.29, 1.82) is 0 Å². The second-order valence-electron chi connectivity index (χ2n) is 4.37. The summed E-state index contributed by atoms with van der Waals surface area (Å²) >= 11 is 0. The van der Waals surface area contributed by atoms with Crippen LogP contribution in [0.5, 0.6) is 0 Å². The van der Waals surface area contributed by atoms with Gasteiger partial charge >= 0.3 is 0 Å². The standard InChI is InChI=1S/C13H16FNO/c1-10-4-2-3-7-15(10)13-6-5-11(9-16)8-12(13)14/h5-6,8-10H,2-4,7H2,1H3. The molecule has 1 aliphatic rings. The molecule has 3 heteroatoms. The molecule has 1 fully saturated rings. The zero-order chi connectivity index (χ0) is 11.5. The first-order valence-electron chi connectivity index (χ1n) is 5.74. The normalized spacial score (nSPS) is 20.9. The minimum Gasteiger partial charge on any atom is -0.366 e. The van der Waals surface area contributed by atoms with Gasteiger partial charge in [0.1, 0.15) is 12.1 Å². The molecule has 1 aliphatic heterocycles. The Kier molecular flexibility index (Phi) is 3.22. The van der Waals surface area contributed by atoms with Crippen molar-refractivity contribution in [1.82, 2.24) is 0 Å². The highest BCUT2D eigenvalue weighted by Gasteiger charge is 2.20. The van der Waals surface area contributed by atoms with Crippen LogP contribution in [-0.4, -0.2) is 18.9 Å². The second-order valence-corrected chi connectivity index (χ2v) is 4.37. The van der Waals surface area contributed by atoms with Crippen LogP contribution in [0, 0.1) is 5.82 Å². The summed E-state index contributed by atoms with van der Waals surface area (Å²) in [7, 11) is 0. The number of hydrogen-bond acceptors (Lipinski definition) is 2. The molecule has 0 radical (unpaired) electrons. The lowest BCUT2D eigenvalue weighted by atomic mass is 10.0. The molecule has 1 saturated heterocycles. The molecule has 1 unspecified atom stereocenters. The Morgan fingerprint density at radius 3 is 2.88 bits per heavy atom. The molecule has 0 spiro atoms. The Balaban J connectivity index is 2.28. The van der Waals surface area contributed by atoms with Crippen molar-refractivity contribution in [2.75, 3.05) is 11.4 Å². The molecule has 0 saturated carbocycles. The van der Waals surface area contributed by atoms with Crippen LogP contribution in [0.25, 0.3) is 0 Å². The average molecular weight is 221 g/mol. The zero-order valence-corrected chi connectivity index (χ0v) is 9.45. The van der Waals surface area contributed by atoms with E-state index in [1.807, 2.05) is 0 Å². The van der Waals surface area contributed by atoms with E-state index in [9.17, 15) is 9.18 Å². The molecule has 0 aliphatic carbocycles. The molecule has 86 valence electrons. The molecule has 2 rings (SSSR count). The lowest BCUT2D eigenvalue weighted by molar-refractivity contribution is 0.112. The fourth-order valence-corrected chi connectivity index (χ4v) is 2.29. The van der Waals surface area contributed by atoms with Crippen LogP contribution >= 0.6 is 0 Å². The van der Waals surface area contributed by atoms with Gasteiger partial charge in [0, 0.05) is 18.2 Å².